The lowest BCUT2D eigenvalue weighted by atomic mass is 9.77. The molecule has 0 bridgehead atoms. The highest BCUT2D eigenvalue weighted by molar-refractivity contribution is 7.44. The molecule has 0 radical (unpaired) electrons. The molecule has 49 heavy (non-hydrogen) atoms. The van der Waals surface area contributed by atoms with Crippen molar-refractivity contribution in [2.45, 2.75) is 65.9 Å². The van der Waals surface area contributed by atoms with Crippen molar-refractivity contribution in [3.63, 3.8) is 0 Å². The number of carboxylic acid groups (broad SMARTS) is 1. The summed E-state index contributed by atoms with van der Waals surface area (Å²) in [7, 11) is -1.88. The van der Waals surface area contributed by atoms with E-state index in [-0.39, 0.29) is 36.1 Å². The van der Waals surface area contributed by atoms with Crippen molar-refractivity contribution in [3.8, 4) is 23.0 Å². The van der Waals surface area contributed by atoms with Gasteiger partial charge in [0, 0.05) is 41.9 Å². The van der Waals surface area contributed by atoms with Crippen LogP contribution in [0.15, 0.2) is 60.7 Å². The SMILES string of the molecule is CCCCCCOP(N)ON(CC(C)(C)C(=O)O)CC(C)(C)C(=O)Oc1ccc2c(c1)Oc1cc(O)ccc1C21OC(=O)c2ccccc21. The Bertz CT molecular complexity index is 1730. The van der Waals surface area contributed by atoms with Crippen LogP contribution in [0.4, 0.5) is 0 Å². The fraction of sp³-hybridized carbons (Fsp3) is 0.417. The van der Waals surface area contributed by atoms with E-state index in [9.17, 15) is 24.6 Å². The second-order valence-corrected chi connectivity index (χ2v) is 14.6. The minimum atomic E-state index is -1.88. The Balaban J connectivity index is 1.37. The number of aromatic hydroxyl groups is 1. The molecule has 2 heterocycles. The van der Waals surface area contributed by atoms with Gasteiger partial charge in [-0.15, -0.1) is 0 Å². The number of aliphatic carboxylic acids is 1. The minimum absolute atomic E-state index is 0.0415. The molecule has 262 valence electrons. The van der Waals surface area contributed by atoms with Crippen LogP contribution in [0.25, 0.3) is 0 Å². The lowest BCUT2D eigenvalue weighted by molar-refractivity contribution is -0.163. The summed E-state index contributed by atoms with van der Waals surface area (Å²) in [5.74, 6) is -1.51. The Morgan fingerprint density at radius 1 is 0.918 bits per heavy atom. The molecule has 13 heteroatoms. The van der Waals surface area contributed by atoms with Gasteiger partial charge in [-0.2, -0.15) is 5.06 Å². The highest BCUT2D eigenvalue weighted by Gasteiger charge is 2.53. The minimum Gasteiger partial charge on any atom is -0.508 e. The van der Waals surface area contributed by atoms with Gasteiger partial charge in [-0.25, -0.2) is 9.42 Å². The van der Waals surface area contributed by atoms with Crippen LogP contribution in [-0.2, 0) is 29.1 Å². The Morgan fingerprint density at radius 2 is 1.59 bits per heavy atom. The van der Waals surface area contributed by atoms with E-state index >= 15 is 0 Å². The first-order chi connectivity index (χ1) is 23.2. The first-order valence-electron chi connectivity index (χ1n) is 16.2. The average molecular weight is 695 g/mol. The van der Waals surface area contributed by atoms with Crippen LogP contribution in [0.3, 0.4) is 0 Å². The molecule has 12 nitrogen and oxygen atoms in total. The molecule has 2 aliphatic rings. The zero-order chi connectivity index (χ0) is 35.6. The van der Waals surface area contributed by atoms with Gasteiger partial charge in [0.15, 0.2) is 5.60 Å². The summed E-state index contributed by atoms with van der Waals surface area (Å²) in [6, 6.07) is 16.5. The van der Waals surface area contributed by atoms with Gasteiger partial charge in [-0.3, -0.25) is 15.1 Å². The zero-order valence-electron chi connectivity index (χ0n) is 28.4. The number of carbonyl (C=O) groups is 3. The van der Waals surface area contributed by atoms with E-state index in [0.29, 0.717) is 28.9 Å². The van der Waals surface area contributed by atoms with Crippen LogP contribution < -0.4 is 15.0 Å². The maximum absolute atomic E-state index is 13.7. The smallest absolute Gasteiger partial charge is 0.340 e. The number of hydroxylamine groups is 2. The van der Waals surface area contributed by atoms with Crippen LogP contribution in [0.5, 0.6) is 23.0 Å². The van der Waals surface area contributed by atoms with Gasteiger partial charge < -0.3 is 28.9 Å². The molecule has 5 rings (SSSR count). The van der Waals surface area contributed by atoms with E-state index in [1.54, 1.807) is 58.0 Å². The maximum Gasteiger partial charge on any atom is 0.340 e. The molecule has 2 aliphatic heterocycles. The summed E-state index contributed by atoms with van der Waals surface area (Å²) in [5, 5.41) is 21.4. The van der Waals surface area contributed by atoms with Crippen molar-refractivity contribution in [3.05, 3.63) is 82.9 Å². The van der Waals surface area contributed by atoms with E-state index in [0.717, 1.165) is 25.7 Å². The monoisotopic (exact) mass is 694 g/mol. The number of hydrogen-bond donors (Lipinski definition) is 3. The molecule has 2 unspecified atom stereocenters. The average Bonchev–Trinajstić information content (AvgIpc) is 3.32. The normalized spacial score (nSPS) is 17.2. The van der Waals surface area contributed by atoms with Gasteiger partial charge in [-0.1, -0.05) is 44.4 Å². The number of ether oxygens (including phenoxy) is 3. The van der Waals surface area contributed by atoms with Crippen molar-refractivity contribution >= 4 is 26.4 Å². The van der Waals surface area contributed by atoms with Crippen LogP contribution in [0.2, 0.25) is 0 Å². The number of esters is 2. The van der Waals surface area contributed by atoms with Crippen LogP contribution in [-0.4, -0.2) is 52.9 Å². The number of nitrogens with zero attached hydrogens (tertiary/aromatic N) is 1. The van der Waals surface area contributed by atoms with Gasteiger partial charge in [0.1, 0.15) is 23.0 Å². The first-order valence-corrected chi connectivity index (χ1v) is 17.5. The van der Waals surface area contributed by atoms with Gasteiger partial charge in [-0.05, 0) is 64.4 Å². The van der Waals surface area contributed by atoms with Gasteiger partial charge in [0.25, 0.3) is 8.53 Å². The third-order valence-corrected chi connectivity index (χ3v) is 9.40. The molecule has 3 aromatic carbocycles. The summed E-state index contributed by atoms with van der Waals surface area (Å²) in [5.41, 5.74) is 4.46. The molecule has 0 amide bonds. The van der Waals surface area contributed by atoms with Crippen LogP contribution in [0.1, 0.15) is 87.4 Å². The number of unbranched alkanes of at least 4 members (excludes halogenated alkanes) is 3. The number of carboxylic acids is 1. The van der Waals surface area contributed by atoms with Crippen molar-refractivity contribution in [1.29, 1.82) is 0 Å². The molecule has 0 saturated heterocycles. The molecule has 1 spiro atoms. The second kappa shape index (κ2) is 14.4. The molecule has 4 N–H and O–H groups in total. The fourth-order valence-electron chi connectivity index (χ4n) is 5.90. The Hall–Kier alpha value is -4.06. The summed E-state index contributed by atoms with van der Waals surface area (Å²) in [6.07, 6.45) is 3.98. The molecule has 0 aliphatic carbocycles. The number of fused-ring (bicyclic) bond motifs is 6. The van der Waals surface area contributed by atoms with E-state index in [2.05, 4.69) is 6.92 Å². The topological polar surface area (TPSA) is 167 Å². The maximum atomic E-state index is 13.7. The number of carbonyl (C=O) groups excluding carboxylic acids is 2. The van der Waals surface area contributed by atoms with Crippen molar-refractivity contribution in [2.24, 2.45) is 16.3 Å². The van der Waals surface area contributed by atoms with Gasteiger partial charge in [0.2, 0.25) is 0 Å². The Kier molecular flexibility index (Phi) is 10.7. The lowest BCUT2D eigenvalue weighted by Crippen LogP contribution is -2.46. The van der Waals surface area contributed by atoms with Crippen molar-refractivity contribution < 1.29 is 48.0 Å². The highest BCUT2D eigenvalue weighted by Crippen LogP contribution is 2.57. The molecule has 0 fully saturated rings. The molecule has 0 aromatic heterocycles. The number of nitrogens with two attached hydrogens (primary N) is 1. The first kappa shape index (κ1) is 36.2. The number of phenolic OH excluding ortho intramolecular Hbond substituents is 1. The zero-order valence-corrected chi connectivity index (χ0v) is 29.2. The summed E-state index contributed by atoms with van der Waals surface area (Å²) in [6.45, 7) is 8.81. The summed E-state index contributed by atoms with van der Waals surface area (Å²) >= 11 is 0. The molecule has 0 saturated carbocycles. The Labute approximate surface area is 287 Å². The summed E-state index contributed by atoms with van der Waals surface area (Å²) < 4.78 is 29.7. The van der Waals surface area contributed by atoms with Gasteiger partial charge >= 0.3 is 17.9 Å². The molecule has 2 atom stereocenters. The number of phenols is 1. The second-order valence-electron chi connectivity index (χ2n) is 13.6. The van der Waals surface area contributed by atoms with E-state index in [1.807, 2.05) is 12.1 Å². The van der Waals surface area contributed by atoms with E-state index in [1.165, 1.54) is 23.3 Å². The Morgan fingerprint density at radius 3 is 2.31 bits per heavy atom. The lowest BCUT2D eigenvalue weighted by Gasteiger charge is -2.36. The quantitative estimate of drug-likeness (QED) is 0.0490. The standard InChI is InChI=1S/C36H43N2O10P/c1-6-7-8-11-18-44-49(37)48-38(21-34(2,3)32(41)42)22-35(4,5)33(43)45-24-15-17-28-30(20-24)46-29-19-23(39)14-16-27(29)36(28)26-13-10-9-12-25(26)31(40)47-36/h9-10,12-17,19-20,39H,6-8,11,18,21-22,37H2,1-5H3,(H,41,42). The number of benzene rings is 3. The third-order valence-electron chi connectivity index (χ3n) is 8.57. The number of hydrogen-bond acceptors (Lipinski definition) is 11. The predicted octanol–water partition coefficient (Wildman–Crippen LogP) is 7.02. The molecular weight excluding hydrogens is 651 g/mol. The van der Waals surface area contributed by atoms with Crippen LogP contribution in [0, 0.1) is 10.8 Å². The van der Waals surface area contributed by atoms with E-state index in [4.69, 9.17) is 28.9 Å². The summed E-state index contributed by atoms with van der Waals surface area (Å²) in [4.78, 5) is 38.7. The highest BCUT2D eigenvalue weighted by atomic mass is 31.2. The van der Waals surface area contributed by atoms with Crippen molar-refractivity contribution in [1.82, 2.24) is 5.06 Å². The molecular formula is C36H43N2O10P. The largest absolute Gasteiger partial charge is 0.508 e. The van der Waals surface area contributed by atoms with Crippen molar-refractivity contribution in [2.75, 3.05) is 19.7 Å². The number of rotatable bonds is 15. The fourth-order valence-corrected chi connectivity index (χ4v) is 6.60. The third kappa shape index (κ3) is 7.59. The van der Waals surface area contributed by atoms with Crippen LogP contribution >= 0.6 is 8.53 Å². The van der Waals surface area contributed by atoms with E-state index < -0.39 is 42.9 Å². The van der Waals surface area contributed by atoms with Gasteiger partial charge in [0.05, 0.1) is 23.0 Å². The predicted molar refractivity (Wildman–Crippen MR) is 181 cm³/mol. The molecule has 3 aromatic rings.